The van der Waals surface area contributed by atoms with Gasteiger partial charge in [0.25, 0.3) is 0 Å². The fraction of sp³-hybridized carbons (Fsp3) is 0.240. The van der Waals surface area contributed by atoms with Gasteiger partial charge >= 0.3 is 0 Å². The maximum Gasteiger partial charge on any atom is 0.246 e. The van der Waals surface area contributed by atoms with Crippen molar-refractivity contribution in [3.05, 3.63) is 95.7 Å². The van der Waals surface area contributed by atoms with Gasteiger partial charge in [0.05, 0.1) is 18.2 Å². The molecule has 0 fully saturated rings. The third kappa shape index (κ3) is 4.11. The van der Waals surface area contributed by atoms with Crippen LogP contribution >= 0.6 is 0 Å². The molecule has 0 spiro atoms. The molecule has 2 aromatic rings. The molecule has 2 aliphatic heterocycles. The third-order valence-corrected chi connectivity index (χ3v) is 5.61. The van der Waals surface area contributed by atoms with E-state index in [9.17, 15) is 9.59 Å². The zero-order chi connectivity index (χ0) is 20.2. The quantitative estimate of drug-likeness (QED) is 0.737. The van der Waals surface area contributed by atoms with Crippen LogP contribution in [-0.4, -0.2) is 35.4 Å². The zero-order valence-electron chi connectivity index (χ0n) is 16.4. The van der Waals surface area contributed by atoms with Crippen molar-refractivity contribution >= 4 is 17.4 Å². The average Bonchev–Trinajstić information content (AvgIpc) is 2.77. The molecule has 1 unspecified atom stereocenters. The van der Waals surface area contributed by atoms with Gasteiger partial charge < -0.3 is 4.90 Å². The number of amides is 1. The van der Waals surface area contributed by atoms with Crippen molar-refractivity contribution in [3.63, 3.8) is 0 Å². The zero-order valence-corrected chi connectivity index (χ0v) is 16.4. The van der Waals surface area contributed by atoms with Crippen LogP contribution in [0.3, 0.4) is 0 Å². The van der Waals surface area contributed by atoms with Crippen molar-refractivity contribution in [2.45, 2.75) is 19.3 Å². The minimum atomic E-state index is -0.252. The summed E-state index contributed by atoms with van der Waals surface area (Å²) in [6, 6.07) is 20.2. The molecule has 1 atom stereocenters. The number of ketones is 1. The Morgan fingerprint density at radius 3 is 2.38 bits per heavy atom. The molecule has 4 rings (SSSR count). The molecular formula is C25H24N2O2. The van der Waals surface area contributed by atoms with Crippen LogP contribution in [0.5, 0.6) is 0 Å². The van der Waals surface area contributed by atoms with E-state index in [1.54, 1.807) is 4.90 Å². The molecule has 2 aliphatic rings. The maximum absolute atomic E-state index is 13.4. The Hall–Kier alpha value is -3.27. The first-order valence-electron chi connectivity index (χ1n) is 9.98. The van der Waals surface area contributed by atoms with Gasteiger partial charge in [-0.05, 0) is 30.0 Å². The minimum Gasteiger partial charge on any atom is -0.333 e. The van der Waals surface area contributed by atoms with Crippen molar-refractivity contribution in [2.75, 3.05) is 13.1 Å². The number of carbonyl (C=O) groups is 2. The number of carbonyl (C=O) groups excluding carboxylic acids is 2. The molecule has 1 amide bonds. The Morgan fingerprint density at radius 2 is 1.72 bits per heavy atom. The highest BCUT2D eigenvalue weighted by Gasteiger charge is 2.36. The van der Waals surface area contributed by atoms with Gasteiger partial charge in [-0.3, -0.25) is 14.6 Å². The van der Waals surface area contributed by atoms with E-state index in [0.29, 0.717) is 32.4 Å². The largest absolute Gasteiger partial charge is 0.333 e. The second-order valence-electron chi connectivity index (χ2n) is 7.51. The van der Waals surface area contributed by atoms with Crippen molar-refractivity contribution in [2.24, 2.45) is 10.9 Å². The van der Waals surface area contributed by atoms with E-state index in [2.05, 4.69) is 30.8 Å². The second kappa shape index (κ2) is 8.39. The number of aliphatic imine (C=N–C) groups is 1. The molecule has 29 heavy (non-hydrogen) atoms. The van der Waals surface area contributed by atoms with Crippen LogP contribution in [0.2, 0.25) is 0 Å². The molecule has 2 aromatic carbocycles. The molecule has 4 heteroatoms. The smallest absolute Gasteiger partial charge is 0.246 e. The predicted molar refractivity (Wildman–Crippen MR) is 115 cm³/mol. The van der Waals surface area contributed by atoms with Gasteiger partial charge in [-0.15, -0.1) is 0 Å². The van der Waals surface area contributed by atoms with Gasteiger partial charge in [0, 0.05) is 24.3 Å². The molecule has 0 saturated carbocycles. The summed E-state index contributed by atoms with van der Waals surface area (Å²) in [7, 11) is 0. The topological polar surface area (TPSA) is 49.7 Å². The molecular weight excluding hydrogens is 360 g/mol. The van der Waals surface area contributed by atoms with Crippen LogP contribution in [0.4, 0.5) is 0 Å². The van der Waals surface area contributed by atoms with E-state index in [4.69, 9.17) is 4.99 Å². The Labute approximate surface area is 171 Å². The lowest BCUT2D eigenvalue weighted by Crippen LogP contribution is -2.41. The Morgan fingerprint density at radius 1 is 1.07 bits per heavy atom. The van der Waals surface area contributed by atoms with E-state index in [0.717, 1.165) is 28.1 Å². The normalized spacial score (nSPS) is 18.9. The number of hydrogen-bond donors (Lipinski definition) is 0. The summed E-state index contributed by atoms with van der Waals surface area (Å²) in [5.74, 6) is -0.205. The molecule has 146 valence electrons. The predicted octanol–water partition coefficient (Wildman–Crippen LogP) is 3.78. The fourth-order valence-electron chi connectivity index (χ4n) is 4.07. The average molecular weight is 384 g/mol. The first kappa shape index (κ1) is 19.1. The minimum absolute atomic E-state index is 0.116. The Balaban J connectivity index is 1.67. The lowest BCUT2D eigenvalue weighted by molar-refractivity contribution is -0.126. The molecule has 0 N–H and O–H groups in total. The number of rotatable bonds is 5. The second-order valence-corrected chi connectivity index (χ2v) is 7.51. The molecule has 0 bridgehead atoms. The van der Waals surface area contributed by atoms with Crippen LogP contribution in [0.15, 0.2) is 89.6 Å². The highest BCUT2D eigenvalue weighted by atomic mass is 16.2. The summed E-state index contributed by atoms with van der Waals surface area (Å²) < 4.78 is 0. The third-order valence-electron chi connectivity index (χ3n) is 5.61. The number of Topliss-reactive ketones (excluding diaryl/α,β-unsaturated/α-hetero) is 1. The van der Waals surface area contributed by atoms with Gasteiger partial charge in [-0.25, -0.2) is 0 Å². The van der Waals surface area contributed by atoms with E-state index >= 15 is 0 Å². The van der Waals surface area contributed by atoms with Gasteiger partial charge in [-0.1, -0.05) is 67.2 Å². The number of nitrogens with zero attached hydrogens (tertiary/aromatic N) is 2. The number of benzene rings is 2. The summed E-state index contributed by atoms with van der Waals surface area (Å²) in [5, 5.41) is 0. The van der Waals surface area contributed by atoms with E-state index in [-0.39, 0.29) is 17.6 Å². The molecule has 4 nitrogen and oxygen atoms in total. The van der Waals surface area contributed by atoms with Gasteiger partial charge in [0.1, 0.15) is 0 Å². The van der Waals surface area contributed by atoms with Crippen molar-refractivity contribution in [1.29, 1.82) is 0 Å². The van der Waals surface area contributed by atoms with Crippen molar-refractivity contribution in [3.8, 4) is 0 Å². The first-order chi connectivity index (χ1) is 14.2. The van der Waals surface area contributed by atoms with Crippen LogP contribution in [0.1, 0.15) is 17.5 Å². The summed E-state index contributed by atoms with van der Waals surface area (Å²) in [6.45, 7) is 4.49. The summed E-state index contributed by atoms with van der Waals surface area (Å²) in [6.07, 6.45) is 3.16. The van der Waals surface area contributed by atoms with E-state index in [1.807, 2.05) is 36.4 Å². The molecule has 2 heterocycles. The highest BCUT2D eigenvalue weighted by Crippen LogP contribution is 2.31. The van der Waals surface area contributed by atoms with Gasteiger partial charge in [-0.2, -0.15) is 0 Å². The number of hydrogen-bond acceptors (Lipinski definition) is 3. The molecule has 0 radical (unpaired) electrons. The monoisotopic (exact) mass is 384 g/mol. The van der Waals surface area contributed by atoms with E-state index < -0.39 is 0 Å². The van der Waals surface area contributed by atoms with Crippen LogP contribution in [0.25, 0.3) is 0 Å². The lowest BCUT2D eigenvalue weighted by atomic mass is 9.80. The molecule has 0 aromatic heterocycles. The van der Waals surface area contributed by atoms with Crippen molar-refractivity contribution in [1.82, 2.24) is 4.90 Å². The highest BCUT2D eigenvalue weighted by molar-refractivity contribution is 6.15. The lowest BCUT2D eigenvalue weighted by Gasteiger charge is -2.33. The standard InChI is InChI=1S/C25H24N2O2/c1-2-24(28)27-14-13-20-23(17-27)26-22(16-19-11-7-4-8-12-19)21(25(20)29)15-18-9-5-3-6-10-18/h2-12,21H,1,13-17H2. The van der Waals surface area contributed by atoms with Crippen molar-refractivity contribution < 1.29 is 9.59 Å². The van der Waals surface area contributed by atoms with Crippen LogP contribution < -0.4 is 0 Å². The SMILES string of the molecule is C=CC(=O)N1CCC2=C(C1)N=C(Cc1ccccc1)C(Cc1ccccc1)C2=O. The Kier molecular flexibility index (Phi) is 5.52. The van der Waals surface area contributed by atoms with E-state index in [1.165, 1.54) is 6.08 Å². The van der Waals surface area contributed by atoms with Crippen LogP contribution in [0, 0.1) is 5.92 Å². The molecule has 0 saturated heterocycles. The summed E-state index contributed by atoms with van der Waals surface area (Å²) in [5.41, 5.74) is 4.69. The van der Waals surface area contributed by atoms with Crippen LogP contribution in [-0.2, 0) is 22.4 Å². The Bertz CT molecular complexity index is 990. The summed E-state index contributed by atoms with van der Waals surface area (Å²) in [4.78, 5) is 32.2. The fourth-order valence-corrected chi connectivity index (χ4v) is 4.07. The maximum atomic E-state index is 13.4. The summed E-state index contributed by atoms with van der Waals surface area (Å²) >= 11 is 0. The van der Waals surface area contributed by atoms with Gasteiger partial charge in [0.15, 0.2) is 5.78 Å². The molecule has 0 aliphatic carbocycles. The van der Waals surface area contributed by atoms with Gasteiger partial charge in [0.2, 0.25) is 5.91 Å². The first-order valence-corrected chi connectivity index (χ1v) is 9.98.